The van der Waals surface area contributed by atoms with Crippen LogP contribution in [0.15, 0.2) is 0 Å². The fourth-order valence-electron chi connectivity index (χ4n) is 1.13. The monoisotopic (exact) mass is 216 g/mol. The molecule has 0 atom stereocenters. The average molecular weight is 216 g/mol. The highest BCUT2D eigenvalue weighted by Gasteiger charge is 2.09. The largest absolute Gasteiger partial charge is 0.466 e. The van der Waals surface area contributed by atoms with Gasteiger partial charge in [0.05, 0.1) is 13.0 Å². The molecule has 0 spiro atoms. The first kappa shape index (κ1) is 13.7. The zero-order valence-electron chi connectivity index (χ0n) is 9.71. The Labute approximate surface area is 90.8 Å². The van der Waals surface area contributed by atoms with Gasteiger partial charge in [-0.05, 0) is 20.8 Å². The third-order valence-corrected chi connectivity index (χ3v) is 1.96. The number of esters is 1. The van der Waals surface area contributed by atoms with Crippen molar-refractivity contribution in [2.75, 3.05) is 26.2 Å². The predicted molar refractivity (Wildman–Crippen MR) is 57.6 cm³/mol. The van der Waals surface area contributed by atoms with E-state index in [1.807, 2.05) is 13.8 Å². The molecule has 0 saturated carbocycles. The molecule has 0 aliphatic carbocycles. The van der Waals surface area contributed by atoms with E-state index in [-0.39, 0.29) is 18.4 Å². The summed E-state index contributed by atoms with van der Waals surface area (Å²) < 4.78 is 4.73. The molecular formula is C10H20N2O3. The number of urea groups is 1. The van der Waals surface area contributed by atoms with Gasteiger partial charge in [-0.25, -0.2) is 4.79 Å². The summed E-state index contributed by atoms with van der Waals surface area (Å²) in [5, 5.41) is 2.66. The molecule has 15 heavy (non-hydrogen) atoms. The van der Waals surface area contributed by atoms with Gasteiger partial charge in [0.2, 0.25) is 0 Å². The van der Waals surface area contributed by atoms with Crippen LogP contribution in [-0.4, -0.2) is 43.1 Å². The van der Waals surface area contributed by atoms with Crippen LogP contribution < -0.4 is 5.32 Å². The van der Waals surface area contributed by atoms with Gasteiger partial charge in [-0.2, -0.15) is 0 Å². The fraction of sp³-hybridized carbons (Fsp3) is 0.800. The van der Waals surface area contributed by atoms with Gasteiger partial charge in [-0.1, -0.05) is 0 Å². The second-order valence-corrected chi connectivity index (χ2v) is 2.96. The Morgan fingerprint density at radius 2 is 1.80 bits per heavy atom. The quantitative estimate of drug-likeness (QED) is 0.674. The minimum absolute atomic E-state index is 0.135. The number of rotatable bonds is 6. The molecule has 0 radical (unpaired) electrons. The topological polar surface area (TPSA) is 58.6 Å². The number of carbonyl (C=O) groups excluding carboxylic acids is 2. The Kier molecular flexibility index (Phi) is 7.40. The van der Waals surface area contributed by atoms with Crippen LogP contribution in [0.3, 0.4) is 0 Å². The van der Waals surface area contributed by atoms with Crippen LogP contribution in [0.2, 0.25) is 0 Å². The third kappa shape index (κ3) is 5.93. The Morgan fingerprint density at radius 1 is 1.20 bits per heavy atom. The molecule has 0 fully saturated rings. The molecule has 0 aromatic carbocycles. The lowest BCUT2D eigenvalue weighted by Crippen LogP contribution is -2.40. The van der Waals surface area contributed by atoms with Crippen molar-refractivity contribution in [3.8, 4) is 0 Å². The molecule has 0 bridgehead atoms. The van der Waals surface area contributed by atoms with Crippen molar-refractivity contribution in [2.24, 2.45) is 0 Å². The van der Waals surface area contributed by atoms with E-state index < -0.39 is 0 Å². The minimum atomic E-state index is -0.280. The smallest absolute Gasteiger partial charge is 0.317 e. The molecular weight excluding hydrogens is 196 g/mol. The van der Waals surface area contributed by atoms with Gasteiger partial charge in [0, 0.05) is 19.6 Å². The van der Waals surface area contributed by atoms with E-state index in [0.717, 1.165) is 0 Å². The van der Waals surface area contributed by atoms with Crippen LogP contribution in [0, 0.1) is 0 Å². The number of hydrogen-bond donors (Lipinski definition) is 1. The van der Waals surface area contributed by atoms with E-state index in [4.69, 9.17) is 4.74 Å². The third-order valence-electron chi connectivity index (χ3n) is 1.96. The SMILES string of the molecule is CCOC(=O)CCNC(=O)N(CC)CC. The van der Waals surface area contributed by atoms with Gasteiger partial charge in [0.25, 0.3) is 0 Å². The van der Waals surface area contributed by atoms with Crippen molar-refractivity contribution in [1.29, 1.82) is 0 Å². The minimum Gasteiger partial charge on any atom is -0.466 e. The molecule has 0 aliphatic heterocycles. The molecule has 0 aromatic rings. The second-order valence-electron chi connectivity index (χ2n) is 2.96. The van der Waals surface area contributed by atoms with Crippen LogP contribution in [0.4, 0.5) is 4.79 Å². The van der Waals surface area contributed by atoms with Gasteiger partial charge < -0.3 is 15.0 Å². The highest BCUT2D eigenvalue weighted by molar-refractivity contribution is 5.75. The summed E-state index contributed by atoms with van der Waals surface area (Å²) >= 11 is 0. The van der Waals surface area contributed by atoms with Crippen molar-refractivity contribution >= 4 is 12.0 Å². The first-order valence-corrected chi connectivity index (χ1v) is 5.34. The molecule has 0 saturated heterocycles. The highest BCUT2D eigenvalue weighted by atomic mass is 16.5. The van der Waals surface area contributed by atoms with Gasteiger partial charge in [-0.15, -0.1) is 0 Å². The second kappa shape index (κ2) is 8.08. The number of hydrogen-bond acceptors (Lipinski definition) is 3. The average Bonchev–Trinajstić information content (AvgIpc) is 2.20. The van der Waals surface area contributed by atoms with E-state index in [1.54, 1.807) is 11.8 Å². The lowest BCUT2D eigenvalue weighted by molar-refractivity contribution is -0.142. The van der Waals surface area contributed by atoms with E-state index >= 15 is 0 Å². The first-order chi connectivity index (χ1) is 7.15. The maximum absolute atomic E-state index is 11.4. The van der Waals surface area contributed by atoms with E-state index in [2.05, 4.69) is 5.32 Å². The highest BCUT2D eigenvalue weighted by Crippen LogP contribution is 1.89. The lowest BCUT2D eigenvalue weighted by Gasteiger charge is -2.18. The van der Waals surface area contributed by atoms with Gasteiger partial charge in [-0.3, -0.25) is 4.79 Å². The van der Waals surface area contributed by atoms with Crippen LogP contribution in [0.1, 0.15) is 27.2 Å². The summed E-state index contributed by atoms with van der Waals surface area (Å²) in [5.41, 5.74) is 0. The molecule has 0 heterocycles. The van der Waals surface area contributed by atoms with E-state index in [9.17, 15) is 9.59 Å². The number of nitrogens with one attached hydrogen (secondary N) is 1. The molecule has 1 N–H and O–H groups in total. The summed E-state index contributed by atoms with van der Waals surface area (Å²) in [6.45, 7) is 7.62. The number of nitrogens with zero attached hydrogens (tertiary/aromatic N) is 1. The van der Waals surface area contributed by atoms with Crippen LogP contribution in [0.5, 0.6) is 0 Å². The molecule has 0 unspecified atom stereocenters. The van der Waals surface area contributed by atoms with Crippen molar-refractivity contribution in [1.82, 2.24) is 10.2 Å². The van der Waals surface area contributed by atoms with Gasteiger partial charge in [0.1, 0.15) is 0 Å². The lowest BCUT2D eigenvalue weighted by atomic mass is 10.4. The molecule has 5 heteroatoms. The number of ether oxygens (including phenoxy) is 1. The zero-order valence-corrected chi connectivity index (χ0v) is 9.71. The normalized spacial score (nSPS) is 9.53. The van der Waals surface area contributed by atoms with Gasteiger partial charge >= 0.3 is 12.0 Å². The number of amides is 2. The summed E-state index contributed by atoms with van der Waals surface area (Å²) in [4.78, 5) is 24.0. The van der Waals surface area contributed by atoms with Crippen molar-refractivity contribution in [2.45, 2.75) is 27.2 Å². The number of carbonyl (C=O) groups is 2. The van der Waals surface area contributed by atoms with Crippen molar-refractivity contribution in [3.63, 3.8) is 0 Å². The standard InChI is InChI=1S/C10H20N2O3/c1-4-12(5-2)10(14)11-8-7-9(13)15-6-3/h4-8H2,1-3H3,(H,11,14). The van der Waals surface area contributed by atoms with E-state index in [1.165, 1.54) is 0 Å². The van der Waals surface area contributed by atoms with Crippen LogP contribution in [0.25, 0.3) is 0 Å². The summed E-state index contributed by atoms with van der Waals surface area (Å²) in [6, 6.07) is -0.135. The summed E-state index contributed by atoms with van der Waals surface area (Å²) in [7, 11) is 0. The molecule has 5 nitrogen and oxygen atoms in total. The molecule has 0 aromatic heterocycles. The Hall–Kier alpha value is -1.26. The Bertz CT molecular complexity index is 203. The molecule has 2 amide bonds. The summed E-state index contributed by atoms with van der Waals surface area (Å²) in [5.74, 6) is -0.280. The van der Waals surface area contributed by atoms with Crippen LogP contribution in [-0.2, 0) is 9.53 Å². The predicted octanol–water partition coefficient (Wildman–Crippen LogP) is 0.991. The molecule has 88 valence electrons. The summed E-state index contributed by atoms with van der Waals surface area (Å²) in [6.07, 6.45) is 0.223. The molecule has 0 rings (SSSR count). The van der Waals surface area contributed by atoms with Crippen molar-refractivity contribution in [3.05, 3.63) is 0 Å². The fourth-order valence-corrected chi connectivity index (χ4v) is 1.13. The Morgan fingerprint density at radius 3 is 2.27 bits per heavy atom. The van der Waals surface area contributed by atoms with Crippen LogP contribution >= 0.6 is 0 Å². The zero-order chi connectivity index (χ0) is 11.7. The van der Waals surface area contributed by atoms with E-state index in [0.29, 0.717) is 26.2 Å². The maximum atomic E-state index is 11.4. The van der Waals surface area contributed by atoms with Gasteiger partial charge in [0.15, 0.2) is 0 Å². The maximum Gasteiger partial charge on any atom is 0.317 e. The molecule has 0 aliphatic rings. The first-order valence-electron chi connectivity index (χ1n) is 5.34. The Balaban J connectivity index is 3.67. The van der Waals surface area contributed by atoms with Crippen molar-refractivity contribution < 1.29 is 14.3 Å².